The molecule has 1 atom stereocenters. The number of hydrogen-bond donors (Lipinski definition) is 1. The highest BCUT2D eigenvalue weighted by Crippen LogP contribution is 2.48. The lowest BCUT2D eigenvalue weighted by molar-refractivity contribution is 0.304. The molecule has 0 radical (unpaired) electrons. The second-order valence-electron chi connectivity index (χ2n) is 8.50. The molecule has 0 aliphatic heterocycles. The van der Waals surface area contributed by atoms with Gasteiger partial charge in [-0.15, -0.1) is 0 Å². The number of halogens is 1. The van der Waals surface area contributed by atoms with Crippen molar-refractivity contribution in [3.05, 3.63) is 68.7 Å². The summed E-state index contributed by atoms with van der Waals surface area (Å²) >= 11 is 3.50. The third-order valence-corrected chi connectivity index (χ3v) is 6.86. The standard InChI is InChI=1S/C23H29BrN2/c1-6-23(5)12-11-22(3,4)19-14-18(15(2)13-20(19)23)21(26-25)16-7-9-17(24)10-8-16/h7-10,13-14H,6,11-12,25H2,1-5H3/b26-21-. The minimum absolute atomic E-state index is 0.173. The normalized spacial score (nSPS) is 22.2. The van der Waals surface area contributed by atoms with E-state index in [-0.39, 0.29) is 10.8 Å². The number of benzene rings is 2. The molecule has 0 saturated carbocycles. The van der Waals surface area contributed by atoms with Crippen molar-refractivity contribution < 1.29 is 0 Å². The lowest BCUT2D eigenvalue weighted by Crippen LogP contribution is -2.36. The topological polar surface area (TPSA) is 38.4 Å². The molecular formula is C23H29BrN2. The first-order valence-corrected chi connectivity index (χ1v) is 10.2. The molecule has 0 bridgehead atoms. The van der Waals surface area contributed by atoms with Crippen LogP contribution in [0.4, 0.5) is 0 Å². The van der Waals surface area contributed by atoms with E-state index in [1.165, 1.54) is 36.0 Å². The molecule has 3 rings (SSSR count). The number of nitrogens with two attached hydrogens (primary N) is 1. The summed E-state index contributed by atoms with van der Waals surface area (Å²) < 4.78 is 1.06. The summed E-state index contributed by atoms with van der Waals surface area (Å²) in [5, 5.41) is 4.17. The van der Waals surface area contributed by atoms with Gasteiger partial charge in [-0.25, -0.2) is 0 Å². The number of hydrogen-bond acceptors (Lipinski definition) is 2. The highest BCUT2D eigenvalue weighted by atomic mass is 79.9. The zero-order valence-corrected chi connectivity index (χ0v) is 18.1. The minimum atomic E-state index is 0.173. The average Bonchev–Trinajstić information content (AvgIpc) is 2.62. The van der Waals surface area contributed by atoms with E-state index in [1.807, 2.05) is 12.1 Å². The third kappa shape index (κ3) is 3.22. The Balaban J connectivity index is 2.20. The molecule has 0 spiro atoms. The zero-order valence-electron chi connectivity index (χ0n) is 16.5. The molecule has 2 nitrogen and oxygen atoms in total. The summed E-state index contributed by atoms with van der Waals surface area (Å²) in [6.07, 6.45) is 3.62. The first-order chi connectivity index (χ1) is 12.2. The largest absolute Gasteiger partial charge is 0.323 e. The maximum absolute atomic E-state index is 5.84. The van der Waals surface area contributed by atoms with E-state index in [4.69, 9.17) is 5.84 Å². The van der Waals surface area contributed by atoms with Crippen molar-refractivity contribution >= 4 is 21.6 Å². The average molecular weight is 413 g/mol. The molecular weight excluding hydrogens is 384 g/mol. The molecule has 0 aromatic heterocycles. The Morgan fingerprint density at radius 3 is 2.31 bits per heavy atom. The molecule has 2 N–H and O–H groups in total. The van der Waals surface area contributed by atoms with E-state index in [2.05, 4.69) is 79.9 Å². The molecule has 0 saturated heterocycles. The van der Waals surface area contributed by atoms with E-state index in [1.54, 1.807) is 0 Å². The first kappa shape index (κ1) is 19.2. The zero-order chi connectivity index (χ0) is 19.1. The summed E-state index contributed by atoms with van der Waals surface area (Å²) in [6.45, 7) is 11.6. The van der Waals surface area contributed by atoms with Gasteiger partial charge in [0.2, 0.25) is 0 Å². The van der Waals surface area contributed by atoms with Gasteiger partial charge in [-0.1, -0.05) is 61.8 Å². The van der Waals surface area contributed by atoms with Crippen molar-refractivity contribution in [3.8, 4) is 0 Å². The first-order valence-electron chi connectivity index (χ1n) is 9.41. The summed E-state index contributed by atoms with van der Waals surface area (Å²) in [5.74, 6) is 5.84. The maximum Gasteiger partial charge on any atom is 0.0974 e. The Bertz CT molecular complexity index is 849. The molecule has 26 heavy (non-hydrogen) atoms. The number of rotatable bonds is 3. The SMILES string of the molecule is CCC1(C)CCC(C)(C)c2cc(/C(=N\N)c3ccc(Br)cc3)c(C)cc21. The highest BCUT2D eigenvalue weighted by molar-refractivity contribution is 9.10. The lowest BCUT2D eigenvalue weighted by atomic mass is 9.61. The molecule has 0 heterocycles. The van der Waals surface area contributed by atoms with Crippen LogP contribution in [0.1, 0.15) is 74.8 Å². The number of nitrogens with zero attached hydrogens (tertiary/aromatic N) is 1. The van der Waals surface area contributed by atoms with Gasteiger partial charge in [0.05, 0.1) is 5.71 Å². The van der Waals surface area contributed by atoms with Crippen LogP contribution in [-0.2, 0) is 10.8 Å². The van der Waals surface area contributed by atoms with Crippen LogP contribution in [0.3, 0.4) is 0 Å². The summed E-state index contributed by atoms with van der Waals surface area (Å²) in [5.41, 5.74) is 7.67. The monoisotopic (exact) mass is 412 g/mol. The Hall–Kier alpha value is -1.61. The molecule has 3 heteroatoms. The van der Waals surface area contributed by atoms with E-state index in [0.717, 1.165) is 21.3 Å². The molecule has 0 amide bonds. The molecule has 138 valence electrons. The maximum atomic E-state index is 5.84. The quantitative estimate of drug-likeness (QED) is 0.363. The Morgan fingerprint density at radius 2 is 1.73 bits per heavy atom. The Kier molecular flexibility index (Phi) is 5.04. The van der Waals surface area contributed by atoms with Crippen LogP contribution >= 0.6 is 15.9 Å². The predicted molar refractivity (Wildman–Crippen MR) is 115 cm³/mol. The van der Waals surface area contributed by atoms with Crippen molar-refractivity contribution in [1.29, 1.82) is 0 Å². The van der Waals surface area contributed by atoms with Crippen LogP contribution in [0.5, 0.6) is 0 Å². The molecule has 2 aromatic rings. The van der Waals surface area contributed by atoms with Gasteiger partial charge in [-0.3, -0.25) is 0 Å². The smallest absolute Gasteiger partial charge is 0.0974 e. The molecule has 2 aromatic carbocycles. The lowest BCUT2D eigenvalue weighted by Gasteiger charge is -2.44. The predicted octanol–water partition coefficient (Wildman–Crippen LogP) is 6.21. The van der Waals surface area contributed by atoms with Crippen LogP contribution in [0.25, 0.3) is 0 Å². The Labute approximate surface area is 166 Å². The molecule has 1 aliphatic carbocycles. The molecule has 1 aliphatic rings. The van der Waals surface area contributed by atoms with Crippen LogP contribution in [0.2, 0.25) is 0 Å². The van der Waals surface area contributed by atoms with Gasteiger partial charge in [0, 0.05) is 15.6 Å². The second-order valence-corrected chi connectivity index (χ2v) is 9.41. The fourth-order valence-corrected chi connectivity index (χ4v) is 4.42. The fraction of sp³-hybridized carbons (Fsp3) is 0.435. The Morgan fingerprint density at radius 1 is 1.08 bits per heavy atom. The summed E-state index contributed by atoms with van der Waals surface area (Å²) in [6, 6.07) is 12.9. The van der Waals surface area contributed by atoms with Gasteiger partial charge < -0.3 is 5.84 Å². The summed E-state index contributed by atoms with van der Waals surface area (Å²) in [4.78, 5) is 0. The van der Waals surface area contributed by atoms with Crippen molar-refractivity contribution in [2.24, 2.45) is 10.9 Å². The second kappa shape index (κ2) is 6.84. The number of aryl methyl sites for hydroxylation is 1. The van der Waals surface area contributed by atoms with E-state index in [9.17, 15) is 0 Å². The van der Waals surface area contributed by atoms with Crippen LogP contribution in [0.15, 0.2) is 46.0 Å². The number of hydrazone groups is 1. The number of fused-ring (bicyclic) bond motifs is 1. The van der Waals surface area contributed by atoms with E-state index < -0.39 is 0 Å². The minimum Gasteiger partial charge on any atom is -0.323 e. The van der Waals surface area contributed by atoms with Gasteiger partial charge in [0.15, 0.2) is 0 Å². The molecule has 1 unspecified atom stereocenters. The van der Waals surface area contributed by atoms with Crippen LogP contribution < -0.4 is 5.84 Å². The fourth-order valence-electron chi connectivity index (χ4n) is 4.15. The van der Waals surface area contributed by atoms with Crippen LogP contribution in [-0.4, -0.2) is 5.71 Å². The third-order valence-electron chi connectivity index (χ3n) is 6.33. The summed E-state index contributed by atoms with van der Waals surface area (Å²) in [7, 11) is 0. The van der Waals surface area contributed by atoms with Crippen LogP contribution in [0, 0.1) is 6.92 Å². The van der Waals surface area contributed by atoms with Crippen molar-refractivity contribution in [1.82, 2.24) is 0 Å². The van der Waals surface area contributed by atoms with Crippen molar-refractivity contribution in [2.45, 2.75) is 64.7 Å². The van der Waals surface area contributed by atoms with E-state index >= 15 is 0 Å². The van der Waals surface area contributed by atoms with Gasteiger partial charge >= 0.3 is 0 Å². The molecule has 0 fully saturated rings. The van der Waals surface area contributed by atoms with Crippen molar-refractivity contribution in [3.63, 3.8) is 0 Å². The van der Waals surface area contributed by atoms with Gasteiger partial charge in [-0.05, 0) is 71.9 Å². The van der Waals surface area contributed by atoms with Gasteiger partial charge in [0.25, 0.3) is 0 Å². The van der Waals surface area contributed by atoms with Gasteiger partial charge in [-0.2, -0.15) is 5.10 Å². The van der Waals surface area contributed by atoms with Crippen molar-refractivity contribution in [2.75, 3.05) is 0 Å². The highest BCUT2D eigenvalue weighted by Gasteiger charge is 2.39. The van der Waals surface area contributed by atoms with E-state index in [0.29, 0.717) is 0 Å². The van der Waals surface area contributed by atoms with Gasteiger partial charge in [0.1, 0.15) is 0 Å².